The highest BCUT2D eigenvalue weighted by molar-refractivity contribution is 8.00. The van der Waals surface area contributed by atoms with E-state index in [0.29, 0.717) is 0 Å². The van der Waals surface area contributed by atoms with Gasteiger partial charge in [-0.2, -0.15) is 13.2 Å². The largest absolute Gasteiger partial charge is 0.446 e. The molecule has 0 unspecified atom stereocenters. The predicted molar refractivity (Wildman–Crippen MR) is 159 cm³/mol. The van der Waals surface area contributed by atoms with Crippen LogP contribution in [0.5, 0.6) is 0 Å². The molecule has 0 radical (unpaired) electrons. The van der Waals surface area contributed by atoms with Crippen LogP contribution in [0.3, 0.4) is 0 Å². The third-order valence-corrected chi connectivity index (χ3v) is 6.86. The third kappa shape index (κ3) is 13.0. The molecule has 0 spiro atoms. The number of rotatable bonds is 4. The Morgan fingerprint density at radius 1 is 0.868 bits per heavy atom. The van der Waals surface area contributed by atoms with E-state index < -0.39 is 5.51 Å². The summed E-state index contributed by atoms with van der Waals surface area (Å²) in [6.07, 6.45) is 7.81. The number of aryl methyl sites for hydroxylation is 2. The van der Waals surface area contributed by atoms with Crippen molar-refractivity contribution in [3.8, 4) is 0 Å². The first-order chi connectivity index (χ1) is 18.0. The molecule has 1 saturated carbocycles. The third-order valence-electron chi connectivity index (χ3n) is 6.12. The molecule has 1 aliphatic rings. The van der Waals surface area contributed by atoms with Crippen LogP contribution < -0.4 is 4.90 Å². The van der Waals surface area contributed by atoms with Crippen molar-refractivity contribution in [2.45, 2.75) is 90.5 Å². The monoisotopic (exact) mass is 549 g/mol. The normalized spacial score (nSPS) is 16.7. The first kappa shape index (κ1) is 33.7. The van der Waals surface area contributed by atoms with Crippen molar-refractivity contribution in [2.24, 2.45) is 11.8 Å². The van der Waals surface area contributed by atoms with E-state index in [1.807, 2.05) is 71.0 Å². The number of halogens is 3. The van der Waals surface area contributed by atoms with Crippen molar-refractivity contribution in [1.82, 2.24) is 9.97 Å². The number of nitrogens with zero attached hydrogens (tertiary/aromatic N) is 3. The van der Waals surface area contributed by atoms with Crippen molar-refractivity contribution in [3.05, 3.63) is 59.9 Å². The van der Waals surface area contributed by atoms with Crippen LogP contribution in [-0.2, 0) is 6.42 Å². The van der Waals surface area contributed by atoms with Crippen molar-refractivity contribution in [1.29, 1.82) is 0 Å². The van der Waals surface area contributed by atoms with Gasteiger partial charge in [0, 0.05) is 24.4 Å². The van der Waals surface area contributed by atoms with Crippen molar-refractivity contribution >= 4 is 28.5 Å². The zero-order valence-electron chi connectivity index (χ0n) is 24.4. The van der Waals surface area contributed by atoms with Gasteiger partial charge in [0.05, 0.1) is 5.52 Å². The highest BCUT2D eigenvalue weighted by Gasteiger charge is 2.28. The summed E-state index contributed by atoms with van der Waals surface area (Å²) < 4.78 is 35.9. The molecule has 2 aromatic carbocycles. The first-order valence-corrected chi connectivity index (χ1v) is 14.6. The average molecular weight is 550 g/mol. The van der Waals surface area contributed by atoms with Crippen LogP contribution >= 0.6 is 11.8 Å². The number of fused-ring (bicyclic) bond motifs is 1. The van der Waals surface area contributed by atoms with E-state index >= 15 is 0 Å². The fraction of sp³-hybridized carbons (Fsp3) is 0.548. The van der Waals surface area contributed by atoms with Crippen LogP contribution in [0, 0.1) is 18.8 Å². The molecule has 0 bridgehead atoms. The number of para-hydroxylation sites is 1. The summed E-state index contributed by atoms with van der Waals surface area (Å²) in [4.78, 5) is 11.1. The Morgan fingerprint density at radius 3 is 1.87 bits per heavy atom. The Labute approximate surface area is 232 Å². The summed E-state index contributed by atoms with van der Waals surface area (Å²) in [5.41, 5.74) is -2.10. The summed E-state index contributed by atoms with van der Waals surface area (Å²) in [6.45, 7) is 12.7. The van der Waals surface area contributed by atoms with Gasteiger partial charge in [-0.3, -0.25) is 0 Å². The number of aromatic nitrogens is 2. The number of alkyl halides is 3. The number of hydrogen-bond donors (Lipinski definition) is 0. The summed E-state index contributed by atoms with van der Waals surface area (Å²) in [6, 6.07) is 14.6. The van der Waals surface area contributed by atoms with Gasteiger partial charge in [0.2, 0.25) is 0 Å². The van der Waals surface area contributed by atoms with Crippen LogP contribution in [0.15, 0.2) is 53.4 Å². The number of thioether (sulfide) groups is 1. The van der Waals surface area contributed by atoms with Gasteiger partial charge in [-0.25, -0.2) is 9.97 Å². The Hall–Kier alpha value is -2.28. The summed E-state index contributed by atoms with van der Waals surface area (Å²) >= 11 is -0.0725. The van der Waals surface area contributed by atoms with Gasteiger partial charge in [-0.1, -0.05) is 91.0 Å². The molecule has 1 heterocycles. The van der Waals surface area contributed by atoms with E-state index in [2.05, 4.69) is 23.8 Å². The van der Waals surface area contributed by atoms with Gasteiger partial charge in [-0.05, 0) is 66.8 Å². The molecule has 1 aromatic heterocycles. The second-order valence-corrected chi connectivity index (χ2v) is 11.0. The molecule has 1 aliphatic carbocycles. The molecule has 212 valence electrons. The van der Waals surface area contributed by atoms with Gasteiger partial charge in [0.15, 0.2) is 0 Å². The molecule has 0 atom stereocenters. The van der Waals surface area contributed by atoms with E-state index in [9.17, 15) is 13.2 Å². The molecule has 0 aliphatic heterocycles. The van der Waals surface area contributed by atoms with Crippen molar-refractivity contribution in [2.75, 3.05) is 19.0 Å². The lowest BCUT2D eigenvalue weighted by Gasteiger charge is -2.22. The minimum Gasteiger partial charge on any atom is -0.362 e. The van der Waals surface area contributed by atoms with Crippen LogP contribution in [0.25, 0.3) is 10.9 Å². The van der Waals surface area contributed by atoms with E-state index in [-0.39, 0.29) is 16.7 Å². The maximum Gasteiger partial charge on any atom is 0.446 e. The molecule has 7 heteroatoms. The van der Waals surface area contributed by atoms with Gasteiger partial charge < -0.3 is 4.90 Å². The van der Waals surface area contributed by atoms with Crippen LogP contribution in [-0.4, -0.2) is 29.6 Å². The van der Waals surface area contributed by atoms with Gasteiger partial charge >= 0.3 is 5.51 Å². The van der Waals surface area contributed by atoms with Gasteiger partial charge in [0.1, 0.15) is 11.6 Å². The molecule has 1 fully saturated rings. The minimum absolute atomic E-state index is 0.0725. The summed E-state index contributed by atoms with van der Waals surface area (Å²) in [7, 11) is 3.99. The minimum atomic E-state index is -4.19. The number of anilines is 1. The quantitative estimate of drug-likeness (QED) is 0.303. The molecule has 4 rings (SSSR count). The maximum absolute atomic E-state index is 12.0. The highest BCUT2D eigenvalue weighted by Crippen LogP contribution is 2.36. The zero-order valence-corrected chi connectivity index (χ0v) is 25.2. The van der Waals surface area contributed by atoms with Gasteiger partial charge in [0.25, 0.3) is 0 Å². The van der Waals surface area contributed by atoms with Crippen LogP contribution in [0.1, 0.15) is 78.1 Å². The highest BCUT2D eigenvalue weighted by atomic mass is 32.2. The smallest absolute Gasteiger partial charge is 0.362 e. The molecule has 3 aromatic rings. The zero-order chi connectivity index (χ0) is 28.7. The summed E-state index contributed by atoms with van der Waals surface area (Å²) in [5, 5.41) is 1.10. The lowest BCUT2D eigenvalue weighted by Crippen LogP contribution is -2.12. The van der Waals surface area contributed by atoms with Crippen LogP contribution in [0.2, 0.25) is 0 Å². The predicted octanol–water partition coefficient (Wildman–Crippen LogP) is 10.1. The SMILES string of the molecule is CC.CC1CCC(C)CC1.CCCc1ccc(SC(F)(F)F)cc1.Cc1nc(N(C)C)c2ccccc2n1. The van der Waals surface area contributed by atoms with E-state index in [1.54, 1.807) is 12.1 Å². The first-order valence-electron chi connectivity index (χ1n) is 13.7. The molecule has 0 saturated heterocycles. The average Bonchev–Trinajstić information content (AvgIpc) is 2.88. The Bertz CT molecular complexity index is 1030. The number of benzene rings is 2. The molecule has 0 amide bonds. The molecule has 3 nitrogen and oxygen atoms in total. The standard InChI is InChI=1S/C11H13N3.C10H11F3S.C8H16.C2H6/c1-8-12-10-7-5-4-6-9(10)11(13-8)14(2)3;1-2-3-8-4-6-9(7-5-8)14-10(11,12)13;1-7-3-5-8(2)6-4-7;1-2/h4-7H,1-3H3;4-7H,2-3H2,1H3;7-8H,3-6H2,1-2H3;1-2H3. The van der Waals surface area contributed by atoms with E-state index in [1.165, 1.54) is 37.8 Å². The lowest BCUT2D eigenvalue weighted by atomic mass is 9.84. The van der Waals surface area contributed by atoms with E-state index in [4.69, 9.17) is 0 Å². The Kier molecular flexibility index (Phi) is 15.4. The second kappa shape index (κ2) is 17.3. The maximum atomic E-state index is 12.0. The Balaban J connectivity index is 0.000000286. The Morgan fingerprint density at radius 2 is 1.39 bits per heavy atom. The van der Waals surface area contributed by atoms with Crippen molar-refractivity contribution in [3.63, 3.8) is 0 Å². The van der Waals surface area contributed by atoms with Gasteiger partial charge in [-0.15, -0.1) is 0 Å². The topological polar surface area (TPSA) is 29.0 Å². The fourth-order valence-corrected chi connectivity index (χ4v) is 4.63. The summed E-state index contributed by atoms with van der Waals surface area (Å²) in [5.74, 6) is 3.83. The molecular formula is C31H46F3N3S. The molecule has 38 heavy (non-hydrogen) atoms. The second-order valence-electron chi connectivity index (χ2n) is 9.81. The van der Waals surface area contributed by atoms with Crippen molar-refractivity contribution < 1.29 is 13.2 Å². The fourth-order valence-electron chi connectivity index (χ4n) is 4.09. The van der Waals surface area contributed by atoms with E-state index in [0.717, 1.165) is 52.8 Å². The van der Waals surface area contributed by atoms with Crippen LogP contribution in [0.4, 0.5) is 19.0 Å². The number of hydrogen-bond acceptors (Lipinski definition) is 4. The lowest BCUT2D eigenvalue weighted by molar-refractivity contribution is -0.0328. The molecular weight excluding hydrogens is 503 g/mol. The molecule has 0 N–H and O–H groups in total.